The lowest BCUT2D eigenvalue weighted by Gasteiger charge is -2.21. The number of hydrogen-bond donors (Lipinski definition) is 2. The molecule has 0 heterocycles. The molecule has 8 nitrogen and oxygen atoms in total. The van der Waals surface area contributed by atoms with E-state index in [1.807, 2.05) is 0 Å². The minimum atomic E-state index is -3.54. The first-order valence-corrected chi connectivity index (χ1v) is 10.9. The lowest BCUT2D eigenvalue weighted by Crippen LogP contribution is -2.33. The van der Waals surface area contributed by atoms with Gasteiger partial charge in [-0.3, -0.25) is 9.59 Å². The Morgan fingerprint density at radius 3 is 1.93 bits per heavy atom. The molecular weight excluding hydrogens is 404 g/mol. The number of benzene rings is 2. The van der Waals surface area contributed by atoms with E-state index in [0.29, 0.717) is 16.9 Å². The zero-order valence-electron chi connectivity index (χ0n) is 17.8. The average Bonchev–Trinajstić information content (AvgIpc) is 2.71. The molecule has 0 bridgehead atoms. The minimum Gasteiger partial charge on any atom is -0.376 e. The molecule has 2 aromatic carbocycles. The molecule has 162 valence electrons. The summed E-state index contributed by atoms with van der Waals surface area (Å²) in [5.74, 6) is -0.377. The number of anilines is 2. The fraction of sp³-hybridized carbons (Fsp3) is 0.333. The molecule has 0 saturated carbocycles. The maximum absolute atomic E-state index is 12.5. The molecule has 0 atom stereocenters. The van der Waals surface area contributed by atoms with Crippen LogP contribution in [-0.4, -0.2) is 63.2 Å². The fourth-order valence-corrected chi connectivity index (χ4v) is 3.90. The van der Waals surface area contributed by atoms with Crippen LogP contribution in [0.5, 0.6) is 0 Å². The first-order chi connectivity index (χ1) is 14.0. The summed E-state index contributed by atoms with van der Waals surface area (Å²) in [6, 6.07) is 12.7. The molecule has 0 unspecified atom stereocenters. The van der Waals surface area contributed by atoms with Gasteiger partial charge in [-0.15, -0.1) is 0 Å². The molecule has 2 aromatic rings. The normalized spacial score (nSPS) is 11.4. The van der Waals surface area contributed by atoms with Crippen molar-refractivity contribution in [3.05, 3.63) is 54.1 Å². The van der Waals surface area contributed by atoms with Gasteiger partial charge in [0.25, 0.3) is 5.91 Å². The Balaban J connectivity index is 1.93. The van der Waals surface area contributed by atoms with Gasteiger partial charge in [0.15, 0.2) is 0 Å². The summed E-state index contributed by atoms with van der Waals surface area (Å²) in [5, 5.41) is 5.70. The number of nitrogens with zero attached hydrogens (tertiary/aromatic N) is 2. The van der Waals surface area contributed by atoms with Crippen LogP contribution in [0.15, 0.2) is 53.4 Å². The molecule has 0 aromatic heterocycles. The molecule has 0 aliphatic carbocycles. The summed E-state index contributed by atoms with van der Waals surface area (Å²) in [6.07, 6.45) is 0. The van der Waals surface area contributed by atoms with Crippen molar-refractivity contribution in [2.24, 2.45) is 0 Å². The largest absolute Gasteiger partial charge is 0.376 e. The van der Waals surface area contributed by atoms with Crippen LogP contribution in [-0.2, 0) is 14.8 Å². The SMILES string of the molecule is CC(C)N(C)S(=O)(=O)c1ccc(NCC(=O)Nc2ccc(C(=O)N(C)C)cc2)cc1. The summed E-state index contributed by atoms with van der Waals surface area (Å²) >= 11 is 0. The highest BCUT2D eigenvalue weighted by Gasteiger charge is 2.22. The molecule has 30 heavy (non-hydrogen) atoms. The van der Waals surface area contributed by atoms with Crippen LogP contribution in [0, 0.1) is 0 Å². The Hall–Kier alpha value is -2.91. The first kappa shape index (κ1) is 23.4. The van der Waals surface area contributed by atoms with Crippen molar-refractivity contribution in [3.8, 4) is 0 Å². The molecule has 2 N–H and O–H groups in total. The highest BCUT2D eigenvalue weighted by atomic mass is 32.2. The smallest absolute Gasteiger partial charge is 0.253 e. The zero-order valence-corrected chi connectivity index (χ0v) is 18.7. The highest BCUT2D eigenvalue weighted by molar-refractivity contribution is 7.89. The molecular formula is C21H28N4O4S. The van der Waals surface area contributed by atoms with Crippen molar-refractivity contribution < 1.29 is 18.0 Å². The Morgan fingerprint density at radius 1 is 0.900 bits per heavy atom. The lowest BCUT2D eigenvalue weighted by molar-refractivity contribution is -0.114. The van der Waals surface area contributed by atoms with E-state index in [1.165, 1.54) is 21.3 Å². The van der Waals surface area contributed by atoms with E-state index < -0.39 is 10.0 Å². The number of hydrogen-bond acceptors (Lipinski definition) is 5. The van der Waals surface area contributed by atoms with Gasteiger partial charge in [0.05, 0.1) is 11.4 Å². The van der Waals surface area contributed by atoms with Crippen LogP contribution in [0.4, 0.5) is 11.4 Å². The molecule has 2 rings (SSSR count). The predicted octanol–water partition coefficient (Wildman–Crippen LogP) is 2.47. The van der Waals surface area contributed by atoms with Crippen LogP contribution < -0.4 is 10.6 Å². The van der Waals surface area contributed by atoms with Crippen molar-refractivity contribution in [2.45, 2.75) is 24.8 Å². The van der Waals surface area contributed by atoms with Gasteiger partial charge < -0.3 is 15.5 Å². The Labute approximate surface area is 177 Å². The Morgan fingerprint density at radius 2 is 1.43 bits per heavy atom. The van der Waals surface area contributed by atoms with Crippen LogP contribution in [0.3, 0.4) is 0 Å². The topological polar surface area (TPSA) is 98.8 Å². The molecule has 9 heteroatoms. The van der Waals surface area contributed by atoms with Crippen molar-refractivity contribution in [3.63, 3.8) is 0 Å². The average molecular weight is 433 g/mol. The molecule has 0 saturated heterocycles. The van der Waals surface area contributed by atoms with Crippen molar-refractivity contribution >= 4 is 33.2 Å². The van der Waals surface area contributed by atoms with Crippen LogP contribution >= 0.6 is 0 Å². The van der Waals surface area contributed by atoms with Gasteiger partial charge in [-0.1, -0.05) is 0 Å². The fourth-order valence-electron chi connectivity index (χ4n) is 2.53. The van der Waals surface area contributed by atoms with E-state index in [9.17, 15) is 18.0 Å². The Bertz CT molecular complexity index is 985. The second-order valence-corrected chi connectivity index (χ2v) is 9.32. The third kappa shape index (κ3) is 5.80. The minimum absolute atomic E-state index is 0.0103. The van der Waals surface area contributed by atoms with Gasteiger partial charge >= 0.3 is 0 Å². The van der Waals surface area contributed by atoms with Gasteiger partial charge in [0.1, 0.15) is 0 Å². The number of rotatable bonds is 8. The molecule has 0 aliphatic heterocycles. The molecule has 0 spiro atoms. The van der Waals surface area contributed by atoms with Crippen molar-refractivity contribution in [1.29, 1.82) is 0 Å². The monoisotopic (exact) mass is 432 g/mol. The lowest BCUT2D eigenvalue weighted by atomic mass is 10.2. The van der Waals surface area contributed by atoms with Crippen molar-refractivity contribution in [2.75, 3.05) is 38.3 Å². The first-order valence-electron chi connectivity index (χ1n) is 9.46. The second kappa shape index (κ2) is 9.73. The van der Waals surface area contributed by atoms with Crippen molar-refractivity contribution in [1.82, 2.24) is 9.21 Å². The summed E-state index contributed by atoms with van der Waals surface area (Å²) < 4.78 is 26.3. The van der Waals surface area contributed by atoms with E-state index in [0.717, 1.165) is 0 Å². The van der Waals surface area contributed by atoms with Gasteiger partial charge in [0, 0.05) is 44.1 Å². The zero-order chi connectivity index (χ0) is 22.5. The summed E-state index contributed by atoms with van der Waals surface area (Å²) in [6.45, 7) is 3.62. The number of amides is 2. The van der Waals surface area contributed by atoms with Gasteiger partial charge in [0.2, 0.25) is 15.9 Å². The Kier molecular flexibility index (Phi) is 7.58. The molecule has 0 aliphatic rings. The van der Waals surface area contributed by atoms with Crippen LogP contribution in [0.1, 0.15) is 24.2 Å². The number of sulfonamides is 1. The molecule has 2 amide bonds. The van der Waals surface area contributed by atoms with Crippen LogP contribution in [0.25, 0.3) is 0 Å². The number of carbonyl (C=O) groups is 2. The maximum atomic E-state index is 12.5. The van der Waals surface area contributed by atoms with Gasteiger partial charge in [-0.05, 0) is 62.4 Å². The summed E-state index contributed by atoms with van der Waals surface area (Å²) in [4.78, 5) is 25.7. The molecule has 0 fully saturated rings. The van der Waals surface area contributed by atoms with Gasteiger partial charge in [-0.25, -0.2) is 8.42 Å². The van der Waals surface area contributed by atoms with E-state index in [1.54, 1.807) is 71.4 Å². The van der Waals surface area contributed by atoms with E-state index >= 15 is 0 Å². The second-order valence-electron chi connectivity index (χ2n) is 7.32. The van der Waals surface area contributed by atoms with Gasteiger partial charge in [-0.2, -0.15) is 4.31 Å². The highest BCUT2D eigenvalue weighted by Crippen LogP contribution is 2.19. The standard InChI is InChI=1S/C21H28N4O4S/c1-15(2)25(5)30(28,29)19-12-10-17(11-13-19)22-14-20(26)23-18-8-6-16(7-9-18)21(27)24(3)4/h6-13,15,22H,14H2,1-5H3,(H,23,26). The van der Waals surface area contributed by atoms with E-state index in [2.05, 4.69) is 10.6 Å². The summed E-state index contributed by atoms with van der Waals surface area (Å²) in [5.41, 5.74) is 1.74. The quantitative estimate of drug-likeness (QED) is 0.668. The van der Waals surface area contributed by atoms with E-state index in [4.69, 9.17) is 0 Å². The predicted molar refractivity (Wildman–Crippen MR) is 118 cm³/mol. The van der Waals surface area contributed by atoms with E-state index in [-0.39, 0.29) is 29.3 Å². The molecule has 0 radical (unpaired) electrons. The third-order valence-electron chi connectivity index (χ3n) is 4.53. The number of nitrogens with one attached hydrogen (secondary N) is 2. The summed E-state index contributed by atoms with van der Waals surface area (Å²) in [7, 11) is 1.35. The maximum Gasteiger partial charge on any atom is 0.253 e. The van der Waals surface area contributed by atoms with Crippen LogP contribution in [0.2, 0.25) is 0 Å². The third-order valence-corrected chi connectivity index (χ3v) is 6.58. The number of carbonyl (C=O) groups excluding carboxylic acids is 2.